The van der Waals surface area contributed by atoms with Gasteiger partial charge in [0, 0.05) is 13.0 Å². The quantitative estimate of drug-likeness (QED) is 0.0327. The highest BCUT2D eigenvalue weighted by Crippen LogP contribution is 2.24. The summed E-state index contributed by atoms with van der Waals surface area (Å²) in [5.41, 5.74) is 0. The lowest BCUT2D eigenvalue weighted by atomic mass is 9.98. The first-order valence-electron chi connectivity index (χ1n) is 27.3. The van der Waals surface area contributed by atoms with Crippen molar-refractivity contribution in [1.82, 2.24) is 5.32 Å². The van der Waals surface area contributed by atoms with Crippen molar-refractivity contribution in [3.63, 3.8) is 0 Å². The van der Waals surface area contributed by atoms with E-state index in [-0.39, 0.29) is 19.1 Å². The van der Waals surface area contributed by atoms with Gasteiger partial charge in [-0.05, 0) is 19.3 Å². The molecule has 0 aromatic rings. The molecular weight excluding hydrogens is 795 g/mol. The maximum Gasteiger partial charge on any atom is 0.220 e. The molecule has 1 heterocycles. The normalized spacial score (nSPS) is 20.5. The molecule has 1 amide bonds. The molecule has 8 atom stereocenters. The molecule has 1 aliphatic rings. The van der Waals surface area contributed by atoms with E-state index >= 15 is 0 Å². The van der Waals surface area contributed by atoms with Crippen LogP contribution in [0.5, 0.6) is 0 Å². The van der Waals surface area contributed by atoms with Crippen molar-refractivity contribution < 1.29 is 44.5 Å². The summed E-state index contributed by atoms with van der Waals surface area (Å²) >= 11 is 0. The molecule has 1 aliphatic heterocycles. The Hall–Kier alpha value is -0.850. The Morgan fingerprint density at radius 1 is 0.508 bits per heavy atom. The lowest BCUT2D eigenvalue weighted by Crippen LogP contribution is -2.60. The Kier molecular flexibility index (Phi) is 41.7. The van der Waals surface area contributed by atoms with Crippen LogP contribution in [0.2, 0.25) is 0 Å². The Balaban J connectivity index is 2.35. The Morgan fingerprint density at radius 3 is 1.29 bits per heavy atom. The van der Waals surface area contributed by atoms with E-state index in [4.69, 9.17) is 14.2 Å². The number of nitrogens with one attached hydrogen (secondary N) is 1. The van der Waals surface area contributed by atoms with Crippen LogP contribution in [0, 0.1) is 0 Å². The zero-order valence-corrected chi connectivity index (χ0v) is 41.5. The van der Waals surface area contributed by atoms with E-state index in [9.17, 15) is 30.3 Å². The number of aliphatic hydroxyl groups is 5. The second-order valence-corrected chi connectivity index (χ2v) is 19.4. The minimum atomic E-state index is -1.55. The van der Waals surface area contributed by atoms with Gasteiger partial charge >= 0.3 is 0 Å². The number of amides is 1. The summed E-state index contributed by atoms with van der Waals surface area (Å²) in [6.45, 7) is 6.70. The van der Waals surface area contributed by atoms with E-state index in [1.807, 2.05) is 6.92 Å². The summed E-state index contributed by atoms with van der Waals surface area (Å²) in [7, 11) is 0. The van der Waals surface area contributed by atoms with Gasteiger partial charge in [0.1, 0.15) is 30.5 Å². The number of carbonyl (C=O) groups excluding carboxylic acids is 1. The van der Waals surface area contributed by atoms with Gasteiger partial charge in [0.15, 0.2) is 6.29 Å². The van der Waals surface area contributed by atoms with Gasteiger partial charge in [-0.25, -0.2) is 0 Å². The van der Waals surface area contributed by atoms with Crippen molar-refractivity contribution in [1.29, 1.82) is 0 Å². The maximum absolute atomic E-state index is 13.1. The maximum atomic E-state index is 13.1. The first-order chi connectivity index (χ1) is 30.8. The van der Waals surface area contributed by atoms with Crippen LogP contribution in [0.25, 0.3) is 0 Å². The van der Waals surface area contributed by atoms with Crippen molar-refractivity contribution in [3.05, 3.63) is 0 Å². The fourth-order valence-corrected chi connectivity index (χ4v) is 8.94. The molecular formula is C53H105NO9. The average molecular weight is 900 g/mol. The van der Waals surface area contributed by atoms with Gasteiger partial charge in [-0.1, -0.05) is 239 Å². The zero-order chi connectivity index (χ0) is 46.0. The third-order valence-corrected chi connectivity index (χ3v) is 13.3. The molecule has 63 heavy (non-hydrogen) atoms. The van der Waals surface area contributed by atoms with Crippen molar-refractivity contribution in [3.8, 4) is 0 Å². The van der Waals surface area contributed by atoms with Gasteiger partial charge in [-0.15, -0.1) is 0 Å². The molecule has 0 spiro atoms. The summed E-state index contributed by atoms with van der Waals surface area (Å²) in [6.07, 6.45) is 37.1. The molecule has 10 heteroatoms. The van der Waals surface area contributed by atoms with Crippen LogP contribution in [0.3, 0.4) is 0 Å². The van der Waals surface area contributed by atoms with Crippen molar-refractivity contribution in [2.45, 2.75) is 314 Å². The fourth-order valence-electron chi connectivity index (χ4n) is 8.94. The van der Waals surface area contributed by atoms with Crippen LogP contribution in [-0.2, 0) is 19.0 Å². The summed E-state index contributed by atoms with van der Waals surface area (Å²) in [6, 6.07) is -0.955. The highest BCUT2D eigenvalue weighted by Gasteiger charge is 2.45. The van der Waals surface area contributed by atoms with Crippen molar-refractivity contribution in [2.75, 3.05) is 19.8 Å². The average Bonchev–Trinajstić information content (AvgIpc) is 3.28. The van der Waals surface area contributed by atoms with Crippen LogP contribution in [0.1, 0.15) is 265 Å². The molecule has 10 nitrogen and oxygen atoms in total. The van der Waals surface area contributed by atoms with Gasteiger partial charge in [0.05, 0.1) is 25.4 Å². The summed E-state index contributed by atoms with van der Waals surface area (Å²) in [4.78, 5) is 13.1. The van der Waals surface area contributed by atoms with E-state index in [0.29, 0.717) is 19.4 Å². The molecule has 6 N–H and O–H groups in total. The molecule has 0 radical (unpaired) electrons. The number of rotatable bonds is 47. The molecule has 376 valence electrons. The molecule has 2 unspecified atom stereocenters. The monoisotopic (exact) mass is 900 g/mol. The number of aliphatic hydroxyl groups excluding tert-OH is 5. The Morgan fingerprint density at radius 2 is 0.889 bits per heavy atom. The van der Waals surface area contributed by atoms with Gasteiger partial charge in [0.2, 0.25) is 5.91 Å². The number of unbranched alkanes of at least 4 members (excludes halogenated alkanes) is 33. The van der Waals surface area contributed by atoms with Crippen LogP contribution in [0.15, 0.2) is 0 Å². The smallest absolute Gasteiger partial charge is 0.220 e. The molecule has 0 aromatic carbocycles. The van der Waals surface area contributed by atoms with Crippen molar-refractivity contribution >= 4 is 5.91 Å². The Labute approximate surface area is 388 Å². The van der Waals surface area contributed by atoms with Crippen LogP contribution >= 0.6 is 0 Å². The molecule has 1 rings (SSSR count). The predicted octanol–water partition coefficient (Wildman–Crippen LogP) is 11.9. The first-order valence-corrected chi connectivity index (χ1v) is 27.3. The summed E-state index contributed by atoms with van der Waals surface area (Å²) in [5.74, 6) is -0.227. The minimum Gasteiger partial charge on any atom is -0.390 e. The van der Waals surface area contributed by atoms with Crippen molar-refractivity contribution in [2.24, 2.45) is 0 Å². The van der Waals surface area contributed by atoms with Crippen LogP contribution in [0.4, 0.5) is 0 Å². The van der Waals surface area contributed by atoms with Gasteiger partial charge in [-0.2, -0.15) is 0 Å². The number of ether oxygens (including phenoxy) is 3. The van der Waals surface area contributed by atoms with Gasteiger partial charge in [-0.3, -0.25) is 4.79 Å². The van der Waals surface area contributed by atoms with E-state index in [1.54, 1.807) is 0 Å². The third kappa shape index (κ3) is 33.3. The highest BCUT2D eigenvalue weighted by atomic mass is 16.7. The fraction of sp³-hybridized carbons (Fsp3) is 0.981. The SMILES string of the molecule is CCCCCCCCCCCCCCCCCCCCCCCCCC(=O)N[C@@H](CO[C@H]1OC(COCCC)[C@H](O)[C@H](O)C1O)[C@H](O)[C@H](O)CCCCCCCCCCCCCC. The van der Waals surface area contributed by atoms with E-state index in [2.05, 4.69) is 19.2 Å². The number of hydrogen-bond acceptors (Lipinski definition) is 9. The Bertz CT molecular complexity index is 975. The minimum absolute atomic E-state index is 0.0127. The van der Waals surface area contributed by atoms with Crippen LogP contribution < -0.4 is 5.32 Å². The van der Waals surface area contributed by atoms with Gasteiger partial charge < -0.3 is 45.1 Å². The molecule has 1 fully saturated rings. The number of hydrogen-bond donors (Lipinski definition) is 6. The molecule has 1 saturated heterocycles. The topological polar surface area (TPSA) is 158 Å². The summed E-state index contributed by atoms with van der Waals surface area (Å²) in [5, 5.41) is 56.8. The number of carbonyl (C=O) groups is 1. The third-order valence-electron chi connectivity index (χ3n) is 13.3. The zero-order valence-electron chi connectivity index (χ0n) is 41.5. The summed E-state index contributed by atoms with van der Waals surface area (Å²) < 4.78 is 17.2. The van der Waals surface area contributed by atoms with Gasteiger partial charge in [0.25, 0.3) is 0 Å². The standard InChI is InChI=1S/C53H105NO9/c1-4-7-9-11-13-15-17-19-20-21-22-23-24-25-26-27-28-29-31-33-35-37-39-41-48(56)54-45(43-62-53-52(60)51(59)50(58)47(63-53)44-61-42-6-3)49(57)46(55)40-38-36-34-32-30-18-16-14-12-10-8-5-2/h45-47,49-53,55,57-60H,4-44H2,1-3H3,(H,54,56)/t45-,46+,47?,49-,50-,51-,52?,53-/m0/s1. The van der Waals surface area contributed by atoms with E-state index < -0.39 is 49.0 Å². The second kappa shape index (κ2) is 43.7. The molecule has 0 aliphatic carbocycles. The largest absolute Gasteiger partial charge is 0.390 e. The lowest BCUT2D eigenvalue weighted by Gasteiger charge is -2.40. The second-order valence-electron chi connectivity index (χ2n) is 19.4. The van der Waals surface area contributed by atoms with Crippen LogP contribution in [-0.4, -0.2) is 100 Å². The van der Waals surface area contributed by atoms with E-state index in [1.165, 1.54) is 186 Å². The highest BCUT2D eigenvalue weighted by molar-refractivity contribution is 5.76. The predicted molar refractivity (Wildman–Crippen MR) is 260 cm³/mol. The van der Waals surface area contributed by atoms with E-state index in [0.717, 1.165) is 44.9 Å². The lowest BCUT2D eigenvalue weighted by molar-refractivity contribution is -0.304. The molecule has 0 saturated carbocycles. The molecule has 0 aromatic heterocycles. The molecule has 0 bridgehead atoms. The first kappa shape index (κ1) is 60.2.